The third-order valence-corrected chi connectivity index (χ3v) is 4.86. The van der Waals surface area contributed by atoms with Gasteiger partial charge in [0.25, 0.3) is 0 Å². The molecule has 0 radical (unpaired) electrons. The summed E-state index contributed by atoms with van der Waals surface area (Å²) in [4.78, 5) is 16.5. The van der Waals surface area contributed by atoms with Gasteiger partial charge in [0, 0.05) is 7.05 Å². The third-order valence-electron chi connectivity index (χ3n) is 4.86. The molecule has 1 fully saturated rings. The predicted octanol–water partition coefficient (Wildman–Crippen LogP) is 3.33. The van der Waals surface area contributed by atoms with E-state index in [0.29, 0.717) is 18.3 Å². The molecule has 1 aromatic carbocycles. The Morgan fingerprint density at radius 2 is 2.00 bits per heavy atom. The Morgan fingerprint density at radius 1 is 1.24 bits per heavy atom. The quantitative estimate of drug-likeness (QED) is 0.846. The number of aromatic nitrogens is 3. The van der Waals surface area contributed by atoms with Crippen LogP contribution in [0.15, 0.2) is 36.7 Å². The SMILES string of the molecule is Cn1cnc(CNC(=O)NC(CC2CCCCC2)c2ccccc2)n1. The highest BCUT2D eigenvalue weighted by atomic mass is 16.2. The molecule has 2 aromatic rings. The Labute approximate surface area is 149 Å². The van der Waals surface area contributed by atoms with Gasteiger partial charge in [-0.05, 0) is 17.9 Å². The first-order valence-corrected chi connectivity index (χ1v) is 9.14. The first-order valence-electron chi connectivity index (χ1n) is 9.14. The van der Waals surface area contributed by atoms with Gasteiger partial charge in [0.2, 0.25) is 0 Å². The first kappa shape index (κ1) is 17.5. The van der Waals surface area contributed by atoms with Gasteiger partial charge in [-0.25, -0.2) is 9.78 Å². The smallest absolute Gasteiger partial charge is 0.315 e. The second kappa shape index (κ2) is 8.65. The lowest BCUT2D eigenvalue weighted by molar-refractivity contribution is 0.230. The maximum atomic E-state index is 12.4. The summed E-state index contributed by atoms with van der Waals surface area (Å²) in [6, 6.07) is 10.1. The summed E-state index contributed by atoms with van der Waals surface area (Å²) < 4.78 is 1.63. The van der Waals surface area contributed by atoms with Crippen molar-refractivity contribution in [3.8, 4) is 0 Å². The van der Waals surface area contributed by atoms with Crippen LogP contribution in [0.3, 0.4) is 0 Å². The van der Waals surface area contributed by atoms with Crippen LogP contribution in [-0.4, -0.2) is 20.8 Å². The number of rotatable bonds is 6. The molecule has 6 nitrogen and oxygen atoms in total. The van der Waals surface area contributed by atoms with Crippen LogP contribution in [0, 0.1) is 5.92 Å². The van der Waals surface area contributed by atoms with Gasteiger partial charge in [-0.2, -0.15) is 5.10 Å². The number of nitrogens with one attached hydrogen (secondary N) is 2. The molecule has 1 aliphatic rings. The van der Waals surface area contributed by atoms with Gasteiger partial charge >= 0.3 is 6.03 Å². The van der Waals surface area contributed by atoms with Crippen LogP contribution >= 0.6 is 0 Å². The number of urea groups is 1. The van der Waals surface area contributed by atoms with Crippen LogP contribution < -0.4 is 10.6 Å². The fourth-order valence-electron chi connectivity index (χ4n) is 3.55. The highest BCUT2D eigenvalue weighted by Gasteiger charge is 2.21. The molecule has 0 saturated heterocycles. The van der Waals surface area contributed by atoms with Crippen molar-refractivity contribution in [2.45, 2.75) is 51.1 Å². The Hall–Kier alpha value is -2.37. The third kappa shape index (κ3) is 5.31. The van der Waals surface area contributed by atoms with E-state index in [-0.39, 0.29) is 12.1 Å². The maximum Gasteiger partial charge on any atom is 0.315 e. The summed E-state index contributed by atoms with van der Waals surface area (Å²) in [5, 5.41) is 10.2. The van der Waals surface area contributed by atoms with Gasteiger partial charge in [-0.15, -0.1) is 0 Å². The molecule has 1 heterocycles. The van der Waals surface area contributed by atoms with Crippen molar-refractivity contribution in [2.75, 3.05) is 0 Å². The molecule has 134 valence electrons. The molecule has 1 unspecified atom stereocenters. The Morgan fingerprint density at radius 3 is 2.68 bits per heavy atom. The molecule has 0 aliphatic heterocycles. The van der Waals surface area contributed by atoms with Gasteiger partial charge in [0.15, 0.2) is 5.82 Å². The van der Waals surface area contributed by atoms with Gasteiger partial charge in [0.1, 0.15) is 6.33 Å². The van der Waals surface area contributed by atoms with E-state index in [1.807, 2.05) is 25.2 Å². The second-order valence-electron chi connectivity index (χ2n) is 6.86. The molecule has 0 bridgehead atoms. The molecule has 3 rings (SSSR count). The van der Waals surface area contributed by atoms with Crippen LogP contribution in [-0.2, 0) is 13.6 Å². The van der Waals surface area contributed by atoms with E-state index in [2.05, 4.69) is 32.8 Å². The zero-order valence-corrected chi connectivity index (χ0v) is 14.8. The Balaban J connectivity index is 1.59. The van der Waals surface area contributed by atoms with Gasteiger partial charge in [0.05, 0.1) is 12.6 Å². The highest BCUT2D eigenvalue weighted by molar-refractivity contribution is 5.74. The van der Waals surface area contributed by atoms with Crippen molar-refractivity contribution in [3.63, 3.8) is 0 Å². The summed E-state index contributed by atoms with van der Waals surface area (Å²) >= 11 is 0. The number of carbonyl (C=O) groups excluding carboxylic acids is 1. The van der Waals surface area contributed by atoms with Crippen molar-refractivity contribution in [1.82, 2.24) is 25.4 Å². The van der Waals surface area contributed by atoms with E-state index in [4.69, 9.17) is 0 Å². The minimum absolute atomic E-state index is 0.0426. The molecular weight excluding hydrogens is 314 g/mol. The van der Waals surface area contributed by atoms with E-state index in [1.165, 1.54) is 37.7 Å². The van der Waals surface area contributed by atoms with Crippen LogP contribution in [0.4, 0.5) is 4.79 Å². The lowest BCUT2D eigenvalue weighted by Gasteiger charge is -2.27. The van der Waals surface area contributed by atoms with Crippen LogP contribution in [0.25, 0.3) is 0 Å². The van der Waals surface area contributed by atoms with E-state index in [0.717, 1.165) is 6.42 Å². The van der Waals surface area contributed by atoms with Gasteiger partial charge in [-0.3, -0.25) is 4.68 Å². The zero-order valence-electron chi connectivity index (χ0n) is 14.8. The Bertz CT molecular complexity index is 663. The lowest BCUT2D eigenvalue weighted by atomic mass is 9.83. The monoisotopic (exact) mass is 341 g/mol. The molecule has 1 atom stereocenters. The molecule has 1 aromatic heterocycles. The lowest BCUT2D eigenvalue weighted by Crippen LogP contribution is -2.38. The van der Waals surface area contributed by atoms with Crippen LogP contribution in [0.1, 0.15) is 56.0 Å². The average Bonchev–Trinajstić information content (AvgIpc) is 3.06. The average molecular weight is 341 g/mol. The Kier molecular flexibility index (Phi) is 6.04. The molecule has 25 heavy (non-hydrogen) atoms. The normalized spacial score (nSPS) is 16.4. The van der Waals surface area contributed by atoms with E-state index in [1.54, 1.807) is 11.0 Å². The molecule has 1 aliphatic carbocycles. The van der Waals surface area contributed by atoms with E-state index in [9.17, 15) is 4.79 Å². The molecule has 2 N–H and O–H groups in total. The zero-order chi connectivity index (χ0) is 17.5. The molecule has 2 amide bonds. The number of hydrogen-bond acceptors (Lipinski definition) is 3. The minimum Gasteiger partial charge on any atom is -0.331 e. The van der Waals surface area contributed by atoms with Gasteiger partial charge < -0.3 is 10.6 Å². The van der Waals surface area contributed by atoms with Crippen molar-refractivity contribution in [3.05, 3.63) is 48.0 Å². The summed E-state index contributed by atoms with van der Waals surface area (Å²) in [7, 11) is 1.81. The molecule has 1 saturated carbocycles. The van der Waals surface area contributed by atoms with Gasteiger partial charge in [-0.1, -0.05) is 62.4 Å². The van der Waals surface area contributed by atoms with Crippen molar-refractivity contribution < 1.29 is 4.79 Å². The number of benzene rings is 1. The number of aryl methyl sites for hydroxylation is 1. The standard InChI is InChI=1S/C19H27N5O/c1-24-14-21-18(23-24)13-20-19(25)22-17(16-10-6-3-7-11-16)12-15-8-4-2-5-9-15/h3,6-7,10-11,14-15,17H,2,4-5,8-9,12-13H2,1H3,(H2,20,22,25). The molecule has 0 spiro atoms. The number of hydrogen-bond donors (Lipinski definition) is 2. The summed E-state index contributed by atoms with van der Waals surface area (Å²) in [6.07, 6.45) is 9.13. The van der Waals surface area contributed by atoms with Crippen molar-refractivity contribution >= 4 is 6.03 Å². The van der Waals surface area contributed by atoms with Crippen molar-refractivity contribution in [2.24, 2.45) is 13.0 Å². The highest BCUT2D eigenvalue weighted by Crippen LogP contribution is 2.31. The summed E-state index contributed by atoms with van der Waals surface area (Å²) in [6.45, 7) is 0.331. The van der Waals surface area contributed by atoms with Crippen molar-refractivity contribution in [1.29, 1.82) is 0 Å². The predicted molar refractivity (Wildman–Crippen MR) is 96.7 cm³/mol. The first-order chi connectivity index (χ1) is 12.2. The number of carbonyl (C=O) groups is 1. The number of amides is 2. The van der Waals surface area contributed by atoms with E-state index >= 15 is 0 Å². The summed E-state index contributed by atoms with van der Waals surface area (Å²) in [5.41, 5.74) is 1.17. The topological polar surface area (TPSA) is 71.8 Å². The molecular formula is C19H27N5O. The van der Waals surface area contributed by atoms with Crippen LogP contribution in [0.2, 0.25) is 0 Å². The maximum absolute atomic E-state index is 12.4. The fourth-order valence-corrected chi connectivity index (χ4v) is 3.55. The minimum atomic E-state index is -0.169. The summed E-state index contributed by atoms with van der Waals surface area (Å²) in [5.74, 6) is 1.30. The van der Waals surface area contributed by atoms with E-state index < -0.39 is 0 Å². The van der Waals surface area contributed by atoms with Crippen LogP contribution in [0.5, 0.6) is 0 Å². The molecule has 6 heteroatoms. The second-order valence-corrected chi connectivity index (χ2v) is 6.86. The number of nitrogens with zero attached hydrogens (tertiary/aromatic N) is 3. The largest absolute Gasteiger partial charge is 0.331 e. The fraction of sp³-hybridized carbons (Fsp3) is 0.526.